The molecule has 0 radical (unpaired) electrons. The van der Waals surface area contributed by atoms with Crippen LogP contribution in [0, 0.1) is 0 Å². The number of hydrogen-bond donors (Lipinski definition) is 2. The van der Waals surface area contributed by atoms with Gasteiger partial charge in [-0.25, -0.2) is 0 Å². The summed E-state index contributed by atoms with van der Waals surface area (Å²) in [6.45, 7) is 1.90. The van der Waals surface area contributed by atoms with Crippen LogP contribution in [-0.2, 0) is 19.9 Å². The summed E-state index contributed by atoms with van der Waals surface area (Å²) in [5, 5.41) is 6.93. The number of nitrogens with one attached hydrogen (secondary N) is 2. The van der Waals surface area contributed by atoms with Crippen LogP contribution in [0.2, 0.25) is 0 Å². The van der Waals surface area contributed by atoms with E-state index in [2.05, 4.69) is 10.6 Å². The number of hydrogen-bond acceptors (Lipinski definition) is 4. The van der Waals surface area contributed by atoms with E-state index in [9.17, 15) is 19.2 Å². The lowest BCUT2D eigenvalue weighted by atomic mass is 9.94. The highest BCUT2D eigenvalue weighted by Gasteiger charge is 2.46. The van der Waals surface area contributed by atoms with Crippen LogP contribution in [-0.4, -0.2) is 30.7 Å². The van der Waals surface area contributed by atoms with Crippen LogP contribution in [0.1, 0.15) is 48.5 Å². The van der Waals surface area contributed by atoms with Crippen molar-refractivity contribution in [3.05, 3.63) is 41.5 Å². The third-order valence-corrected chi connectivity index (χ3v) is 5.78. The van der Waals surface area contributed by atoms with Gasteiger partial charge >= 0.3 is 0 Å². The summed E-state index contributed by atoms with van der Waals surface area (Å²) >= 11 is 0. The Morgan fingerprint density at radius 3 is 2.68 bits per heavy atom. The number of anilines is 1. The summed E-state index contributed by atoms with van der Waals surface area (Å²) in [7, 11) is 0. The molecule has 28 heavy (non-hydrogen) atoms. The zero-order valence-electron chi connectivity index (χ0n) is 15.5. The first-order valence-electron chi connectivity index (χ1n) is 9.36. The smallest absolute Gasteiger partial charge is 0.259 e. The Balaban J connectivity index is 1.71. The number of nitrogens with zero attached hydrogens (tertiary/aromatic N) is 1. The Morgan fingerprint density at radius 1 is 1.21 bits per heavy atom. The predicted molar refractivity (Wildman–Crippen MR) is 104 cm³/mol. The van der Waals surface area contributed by atoms with E-state index in [4.69, 9.17) is 0 Å². The van der Waals surface area contributed by atoms with Crippen LogP contribution in [0.5, 0.6) is 0 Å². The van der Waals surface area contributed by atoms with Crippen LogP contribution in [0.15, 0.2) is 30.3 Å². The fourth-order valence-electron chi connectivity index (χ4n) is 4.20. The van der Waals surface area contributed by atoms with Crippen molar-refractivity contribution in [2.75, 3.05) is 4.90 Å². The molecule has 1 aliphatic heterocycles. The number of carbonyl (C=O) groups excluding carboxylic acids is 4. The summed E-state index contributed by atoms with van der Waals surface area (Å²) in [5.41, 5.74) is 2.16. The third kappa shape index (κ3) is 2.74. The lowest BCUT2D eigenvalue weighted by Crippen LogP contribution is -2.36. The topological polar surface area (TPSA) is 95.6 Å². The lowest BCUT2D eigenvalue weighted by Gasteiger charge is -2.26. The Labute approximate surface area is 162 Å². The summed E-state index contributed by atoms with van der Waals surface area (Å²) < 4.78 is 0. The molecule has 1 fully saturated rings. The molecular formula is C21H21N3O4. The summed E-state index contributed by atoms with van der Waals surface area (Å²) in [4.78, 5) is 47.8. The van der Waals surface area contributed by atoms with Crippen molar-refractivity contribution < 1.29 is 19.2 Å². The summed E-state index contributed by atoms with van der Waals surface area (Å²) in [6, 6.07) is 9.39. The second-order valence-electron chi connectivity index (χ2n) is 7.45. The molecule has 2 aromatic carbocycles. The van der Waals surface area contributed by atoms with Gasteiger partial charge in [0.15, 0.2) is 0 Å². The Kier molecular flexibility index (Phi) is 4.37. The number of amides is 4. The minimum absolute atomic E-state index is 0.0887. The zero-order chi connectivity index (χ0) is 19.9. The largest absolute Gasteiger partial charge is 0.349 e. The molecule has 0 saturated heterocycles. The molecule has 1 unspecified atom stereocenters. The fourth-order valence-corrected chi connectivity index (χ4v) is 4.20. The highest BCUT2D eigenvalue weighted by molar-refractivity contribution is 6.25. The molecule has 0 aromatic heterocycles. The molecule has 144 valence electrons. The van der Waals surface area contributed by atoms with E-state index in [0.29, 0.717) is 18.4 Å². The lowest BCUT2D eigenvalue weighted by molar-refractivity contribution is -0.125. The van der Waals surface area contributed by atoms with Crippen molar-refractivity contribution in [3.63, 3.8) is 0 Å². The Bertz CT molecular complexity index is 997. The van der Waals surface area contributed by atoms with Crippen molar-refractivity contribution in [2.24, 2.45) is 0 Å². The molecule has 1 saturated carbocycles. The molecule has 2 aliphatic rings. The van der Waals surface area contributed by atoms with Crippen LogP contribution in [0.25, 0.3) is 10.8 Å². The Morgan fingerprint density at radius 2 is 2.00 bits per heavy atom. The molecule has 7 heteroatoms. The predicted octanol–water partition coefficient (Wildman–Crippen LogP) is 1.98. The van der Waals surface area contributed by atoms with Crippen molar-refractivity contribution in [1.29, 1.82) is 0 Å². The Hall–Kier alpha value is -3.22. The maximum absolute atomic E-state index is 13.1. The van der Waals surface area contributed by atoms with E-state index in [0.717, 1.165) is 41.3 Å². The number of benzene rings is 2. The summed E-state index contributed by atoms with van der Waals surface area (Å²) in [5.74, 6) is -0.448. The van der Waals surface area contributed by atoms with Gasteiger partial charge in [0.05, 0.1) is 11.2 Å². The molecule has 0 bridgehead atoms. The van der Waals surface area contributed by atoms with E-state index in [1.165, 1.54) is 0 Å². The molecule has 1 atom stereocenters. The van der Waals surface area contributed by atoms with Gasteiger partial charge in [-0.15, -0.1) is 0 Å². The molecule has 0 spiro atoms. The molecule has 1 aliphatic carbocycles. The average Bonchev–Trinajstić information content (AvgIpc) is 3.40. The van der Waals surface area contributed by atoms with Gasteiger partial charge in [0, 0.05) is 23.4 Å². The van der Waals surface area contributed by atoms with Crippen LogP contribution in [0.3, 0.4) is 0 Å². The molecular weight excluding hydrogens is 358 g/mol. The zero-order valence-corrected chi connectivity index (χ0v) is 15.5. The molecule has 2 aromatic rings. The monoisotopic (exact) mass is 379 g/mol. The van der Waals surface area contributed by atoms with Crippen molar-refractivity contribution >= 4 is 41.1 Å². The van der Waals surface area contributed by atoms with Gasteiger partial charge in [0.1, 0.15) is 0 Å². The van der Waals surface area contributed by atoms with Crippen molar-refractivity contribution in [2.45, 2.75) is 44.2 Å². The van der Waals surface area contributed by atoms with Gasteiger partial charge in [-0.3, -0.25) is 24.5 Å². The van der Waals surface area contributed by atoms with E-state index in [1.807, 2.05) is 37.3 Å². The quantitative estimate of drug-likeness (QED) is 0.686. The van der Waals surface area contributed by atoms with Crippen molar-refractivity contribution in [3.8, 4) is 0 Å². The second kappa shape index (κ2) is 6.74. The minimum Gasteiger partial charge on any atom is -0.349 e. The average molecular weight is 379 g/mol. The SMILES string of the molecule is CC(CCC(=O)NC=O)N1C(=O)c2cccc3c(C4(NC=O)CC4)ccc1c23. The molecule has 2 N–H and O–H groups in total. The van der Waals surface area contributed by atoms with Crippen LogP contribution >= 0.6 is 0 Å². The number of rotatable bonds is 8. The van der Waals surface area contributed by atoms with Crippen LogP contribution < -0.4 is 15.5 Å². The third-order valence-electron chi connectivity index (χ3n) is 5.78. The number of imide groups is 1. The fraction of sp³-hybridized carbons (Fsp3) is 0.333. The van der Waals surface area contributed by atoms with Gasteiger partial charge in [0.25, 0.3) is 5.91 Å². The number of carbonyl (C=O) groups is 4. The van der Waals surface area contributed by atoms with Gasteiger partial charge in [-0.1, -0.05) is 18.2 Å². The van der Waals surface area contributed by atoms with Crippen molar-refractivity contribution in [1.82, 2.24) is 10.6 Å². The molecule has 4 rings (SSSR count). The molecule has 1 heterocycles. The highest BCUT2D eigenvalue weighted by atomic mass is 16.2. The minimum atomic E-state index is -0.359. The first kappa shape index (κ1) is 18.2. The normalized spacial score (nSPS) is 17.3. The van der Waals surface area contributed by atoms with Gasteiger partial charge in [-0.05, 0) is 49.3 Å². The van der Waals surface area contributed by atoms with E-state index >= 15 is 0 Å². The maximum atomic E-state index is 13.1. The van der Waals surface area contributed by atoms with E-state index < -0.39 is 0 Å². The van der Waals surface area contributed by atoms with Gasteiger partial charge in [-0.2, -0.15) is 0 Å². The standard InChI is InChI=1S/C21H21N3O4/c1-13(5-8-18(27)22-11-25)24-17-7-6-16(21(9-10-21)23-12-26)14-3-2-4-15(19(14)17)20(24)28/h2-4,6-7,11-13H,5,8-10H2,1H3,(H,23,26)(H,22,25,27). The highest BCUT2D eigenvalue weighted by Crippen LogP contribution is 2.50. The van der Waals surface area contributed by atoms with Crippen LogP contribution in [0.4, 0.5) is 5.69 Å². The first-order valence-corrected chi connectivity index (χ1v) is 9.36. The molecule has 4 amide bonds. The maximum Gasteiger partial charge on any atom is 0.259 e. The summed E-state index contributed by atoms with van der Waals surface area (Å²) in [6.07, 6.45) is 3.47. The first-order chi connectivity index (χ1) is 13.5. The van der Waals surface area contributed by atoms with Gasteiger partial charge < -0.3 is 10.2 Å². The molecule has 7 nitrogen and oxygen atoms in total. The second-order valence-corrected chi connectivity index (χ2v) is 7.45. The van der Waals surface area contributed by atoms with Gasteiger partial charge in [0.2, 0.25) is 18.7 Å². The van der Waals surface area contributed by atoms with E-state index in [1.54, 1.807) is 4.90 Å². The van der Waals surface area contributed by atoms with E-state index in [-0.39, 0.29) is 29.8 Å².